The molecule has 0 aliphatic carbocycles. The van der Waals surface area contributed by atoms with Crippen molar-refractivity contribution in [3.05, 3.63) is 32.7 Å². The first kappa shape index (κ1) is 15.0. The molecule has 0 unspecified atom stereocenters. The van der Waals surface area contributed by atoms with E-state index in [1.807, 2.05) is 6.07 Å². The van der Waals surface area contributed by atoms with Crippen LogP contribution in [0, 0.1) is 0 Å². The Balaban J connectivity index is 2.41. The van der Waals surface area contributed by atoms with E-state index in [0.29, 0.717) is 31.2 Å². The molecular formula is C11H12Br2ClNO2. The third-order valence-electron chi connectivity index (χ3n) is 1.88. The number of hydrogen-bond donors (Lipinski definition) is 1. The molecule has 3 nitrogen and oxygen atoms in total. The van der Waals surface area contributed by atoms with Crippen molar-refractivity contribution in [3.63, 3.8) is 0 Å². The third-order valence-corrected chi connectivity index (χ3v) is 2.95. The molecule has 0 saturated heterocycles. The van der Waals surface area contributed by atoms with E-state index in [4.69, 9.17) is 16.3 Å². The first-order valence-corrected chi connectivity index (χ1v) is 7.13. The number of ether oxygens (including phenoxy) is 1. The lowest BCUT2D eigenvalue weighted by atomic mass is 10.2. The molecule has 0 aliphatic heterocycles. The Morgan fingerprint density at radius 1 is 1.24 bits per heavy atom. The summed E-state index contributed by atoms with van der Waals surface area (Å²) in [5.74, 6) is 0.341. The van der Waals surface area contributed by atoms with Gasteiger partial charge in [-0.15, -0.1) is 11.6 Å². The number of amides is 1. The normalized spacial score (nSPS) is 10.3. The summed E-state index contributed by atoms with van der Waals surface area (Å²) in [6.07, 6.45) is 0. The highest BCUT2D eigenvalue weighted by Gasteiger charge is 2.06. The van der Waals surface area contributed by atoms with Crippen LogP contribution in [0.15, 0.2) is 27.1 Å². The maximum atomic E-state index is 11.7. The molecule has 0 spiro atoms. The highest BCUT2D eigenvalue weighted by atomic mass is 79.9. The van der Waals surface area contributed by atoms with Gasteiger partial charge in [-0.1, -0.05) is 31.9 Å². The molecule has 0 bridgehead atoms. The Hall–Kier alpha value is -0.100. The molecule has 1 aromatic carbocycles. The van der Waals surface area contributed by atoms with Gasteiger partial charge in [0.15, 0.2) is 0 Å². The summed E-state index contributed by atoms with van der Waals surface area (Å²) in [5, 5.41) is 2.76. The van der Waals surface area contributed by atoms with Crippen molar-refractivity contribution in [3.8, 4) is 0 Å². The van der Waals surface area contributed by atoms with Crippen molar-refractivity contribution in [2.45, 2.75) is 0 Å². The number of carbonyl (C=O) groups excluding carboxylic acids is 1. The Labute approximate surface area is 122 Å². The molecule has 6 heteroatoms. The Kier molecular flexibility index (Phi) is 7.11. The number of carbonyl (C=O) groups is 1. The molecule has 0 heterocycles. The number of benzene rings is 1. The number of alkyl halides is 1. The first-order chi connectivity index (χ1) is 8.13. The quantitative estimate of drug-likeness (QED) is 0.603. The highest BCUT2D eigenvalue weighted by Crippen LogP contribution is 2.19. The van der Waals surface area contributed by atoms with Gasteiger partial charge < -0.3 is 10.1 Å². The SMILES string of the molecule is O=C(NCCOCCCl)c1cc(Br)cc(Br)c1. The highest BCUT2D eigenvalue weighted by molar-refractivity contribution is 9.11. The van der Waals surface area contributed by atoms with Crippen LogP contribution in [0.2, 0.25) is 0 Å². The van der Waals surface area contributed by atoms with Gasteiger partial charge >= 0.3 is 0 Å². The lowest BCUT2D eigenvalue weighted by Gasteiger charge is -2.06. The zero-order valence-electron chi connectivity index (χ0n) is 9.01. The molecule has 1 amide bonds. The molecule has 1 N–H and O–H groups in total. The Morgan fingerprint density at radius 2 is 1.88 bits per heavy atom. The van der Waals surface area contributed by atoms with E-state index >= 15 is 0 Å². The Bertz CT molecular complexity index is 367. The zero-order valence-corrected chi connectivity index (χ0v) is 12.9. The van der Waals surface area contributed by atoms with E-state index in [2.05, 4.69) is 37.2 Å². The minimum atomic E-state index is -0.124. The fraction of sp³-hybridized carbons (Fsp3) is 0.364. The second-order valence-electron chi connectivity index (χ2n) is 3.22. The van der Waals surface area contributed by atoms with Crippen LogP contribution >= 0.6 is 43.5 Å². The van der Waals surface area contributed by atoms with Gasteiger partial charge in [0.2, 0.25) is 0 Å². The van der Waals surface area contributed by atoms with Crippen molar-refractivity contribution >= 4 is 49.4 Å². The summed E-state index contributed by atoms with van der Waals surface area (Å²) >= 11 is 12.1. The van der Waals surface area contributed by atoms with E-state index in [9.17, 15) is 4.79 Å². The van der Waals surface area contributed by atoms with E-state index < -0.39 is 0 Å². The molecule has 94 valence electrons. The van der Waals surface area contributed by atoms with Gasteiger partial charge in [-0.2, -0.15) is 0 Å². The molecular weight excluding hydrogens is 373 g/mol. The van der Waals surface area contributed by atoms with Crippen molar-refractivity contribution in [2.75, 3.05) is 25.6 Å². The monoisotopic (exact) mass is 383 g/mol. The second-order valence-corrected chi connectivity index (χ2v) is 5.42. The van der Waals surface area contributed by atoms with Crippen molar-refractivity contribution in [2.24, 2.45) is 0 Å². The molecule has 1 rings (SSSR count). The van der Waals surface area contributed by atoms with Crippen LogP contribution in [0.1, 0.15) is 10.4 Å². The molecule has 0 aliphatic rings. The largest absolute Gasteiger partial charge is 0.378 e. The topological polar surface area (TPSA) is 38.3 Å². The van der Waals surface area contributed by atoms with Gasteiger partial charge in [-0.3, -0.25) is 4.79 Å². The van der Waals surface area contributed by atoms with Gasteiger partial charge in [0.25, 0.3) is 5.91 Å². The number of nitrogens with one attached hydrogen (secondary N) is 1. The maximum Gasteiger partial charge on any atom is 0.251 e. The fourth-order valence-electron chi connectivity index (χ4n) is 1.18. The van der Waals surface area contributed by atoms with Crippen LogP contribution in [0.4, 0.5) is 0 Å². The number of hydrogen-bond acceptors (Lipinski definition) is 2. The predicted molar refractivity (Wildman–Crippen MR) is 75.7 cm³/mol. The lowest BCUT2D eigenvalue weighted by Crippen LogP contribution is -2.27. The van der Waals surface area contributed by atoms with Crippen LogP contribution in [0.5, 0.6) is 0 Å². The van der Waals surface area contributed by atoms with Gasteiger partial charge in [-0.25, -0.2) is 0 Å². The van der Waals surface area contributed by atoms with Gasteiger partial charge in [-0.05, 0) is 18.2 Å². The second kappa shape index (κ2) is 8.08. The fourth-order valence-corrected chi connectivity index (χ4v) is 2.58. The maximum absolute atomic E-state index is 11.7. The van der Waals surface area contributed by atoms with Gasteiger partial charge in [0, 0.05) is 26.9 Å². The van der Waals surface area contributed by atoms with Crippen LogP contribution < -0.4 is 5.32 Å². The van der Waals surface area contributed by atoms with Gasteiger partial charge in [0.1, 0.15) is 0 Å². The van der Waals surface area contributed by atoms with Crippen LogP contribution in [-0.2, 0) is 4.74 Å². The number of rotatable bonds is 6. The molecule has 17 heavy (non-hydrogen) atoms. The predicted octanol–water partition coefficient (Wildman–Crippen LogP) is 3.20. The summed E-state index contributed by atoms with van der Waals surface area (Å²) in [5.41, 5.74) is 0.601. The Morgan fingerprint density at radius 3 is 2.47 bits per heavy atom. The summed E-state index contributed by atoms with van der Waals surface area (Å²) in [7, 11) is 0. The summed E-state index contributed by atoms with van der Waals surface area (Å²) < 4.78 is 6.87. The number of halogens is 3. The first-order valence-electron chi connectivity index (χ1n) is 5.01. The van der Waals surface area contributed by atoms with Gasteiger partial charge in [0.05, 0.1) is 13.2 Å². The molecule has 0 aromatic heterocycles. The van der Waals surface area contributed by atoms with E-state index in [-0.39, 0.29) is 5.91 Å². The standard InChI is InChI=1S/C11H12Br2ClNO2/c12-9-5-8(6-10(13)7-9)11(16)15-2-4-17-3-1-14/h5-7H,1-4H2,(H,15,16). The van der Waals surface area contributed by atoms with Crippen molar-refractivity contribution in [1.82, 2.24) is 5.32 Å². The van der Waals surface area contributed by atoms with Crippen LogP contribution in [0.25, 0.3) is 0 Å². The van der Waals surface area contributed by atoms with Crippen LogP contribution in [0.3, 0.4) is 0 Å². The van der Waals surface area contributed by atoms with Crippen molar-refractivity contribution in [1.29, 1.82) is 0 Å². The average Bonchev–Trinajstić information content (AvgIpc) is 2.27. The average molecular weight is 385 g/mol. The van der Waals surface area contributed by atoms with E-state index in [1.165, 1.54) is 0 Å². The summed E-state index contributed by atoms with van der Waals surface area (Å²) in [6, 6.07) is 5.40. The zero-order chi connectivity index (χ0) is 12.7. The molecule has 0 saturated carbocycles. The third kappa shape index (κ3) is 5.86. The minimum absolute atomic E-state index is 0.124. The molecule has 0 fully saturated rings. The summed E-state index contributed by atoms with van der Waals surface area (Å²) in [6.45, 7) is 1.44. The molecule has 0 atom stereocenters. The summed E-state index contributed by atoms with van der Waals surface area (Å²) in [4.78, 5) is 11.7. The van der Waals surface area contributed by atoms with Crippen LogP contribution in [-0.4, -0.2) is 31.5 Å². The molecule has 1 aromatic rings. The van der Waals surface area contributed by atoms with E-state index in [1.54, 1.807) is 12.1 Å². The smallest absolute Gasteiger partial charge is 0.251 e. The molecule has 0 radical (unpaired) electrons. The van der Waals surface area contributed by atoms with Crippen molar-refractivity contribution < 1.29 is 9.53 Å². The lowest BCUT2D eigenvalue weighted by molar-refractivity contribution is 0.0923. The minimum Gasteiger partial charge on any atom is -0.378 e. The van der Waals surface area contributed by atoms with E-state index in [0.717, 1.165) is 8.95 Å².